The minimum absolute atomic E-state index is 0.0102. The lowest BCUT2D eigenvalue weighted by molar-refractivity contribution is -0.384. The number of nitro groups is 1. The van der Waals surface area contributed by atoms with E-state index in [1.54, 1.807) is 30.6 Å². The largest absolute Gasteiger partial charge is 0.444 e. The third-order valence-corrected chi connectivity index (χ3v) is 5.92. The molecule has 1 N–H and O–H groups in total. The molecule has 0 spiro atoms. The molecule has 3 rings (SSSR count). The number of fused-ring (bicyclic) bond motifs is 1. The summed E-state index contributed by atoms with van der Waals surface area (Å²) in [4.78, 5) is 76.7. The van der Waals surface area contributed by atoms with Crippen molar-refractivity contribution in [1.29, 1.82) is 0 Å². The summed E-state index contributed by atoms with van der Waals surface area (Å²) in [6, 6.07) is 3.54. The summed E-state index contributed by atoms with van der Waals surface area (Å²) in [5.41, 5.74) is -0.841. The van der Waals surface area contributed by atoms with Crippen molar-refractivity contribution in [1.82, 2.24) is 20.0 Å². The monoisotopic (exact) mass is 517 g/mol. The second-order valence-electron chi connectivity index (χ2n) is 9.82. The minimum Gasteiger partial charge on any atom is -0.444 e. The molecule has 1 aromatic rings. The molecule has 1 aromatic carbocycles. The van der Waals surface area contributed by atoms with Crippen molar-refractivity contribution in [2.75, 3.05) is 39.3 Å². The Bertz CT molecular complexity index is 1110. The minimum atomic E-state index is -0.677. The third kappa shape index (κ3) is 7.02. The van der Waals surface area contributed by atoms with E-state index in [-0.39, 0.29) is 54.6 Å². The maximum Gasteiger partial charge on any atom is 0.408 e. The molecule has 2 aliphatic heterocycles. The summed E-state index contributed by atoms with van der Waals surface area (Å²) in [6.45, 7) is 6.53. The topological polar surface area (TPSA) is 159 Å². The van der Waals surface area contributed by atoms with Gasteiger partial charge in [-0.1, -0.05) is 0 Å². The Balaban J connectivity index is 1.44. The number of nitro benzene ring substituents is 1. The summed E-state index contributed by atoms with van der Waals surface area (Å²) in [5, 5.41) is 13.4. The number of hydrogen-bond donors (Lipinski definition) is 1. The van der Waals surface area contributed by atoms with Crippen LogP contribution in [-0.2, 0) is 14.3 Å². The van der Waals surface area contributed by atoms with Crippen LogP contribution in [0.5, 0.6) is 0 Å². The van der Waals surface area contributed by atoms with Crippen LogP contribution in [0.25, 0.3) is 0 Å². The number of imide groups is 1. The zero-order valence-corrected chi connectivity index (χ0v) is 21.2. The SMILES string of the molecule is CC(C)(C)OC(=O)NCC(=O)N1CCCN(C(=O)CCCN2C(=O)c3ccc([N+](=O)[O-])cc3C2=O)CC1. The van der Waals surface area contributed by atoms with E-state index < -0.39 is 28.4 Å². The summed E-state index contributed by atoms with van der Waals surface area (Å²) in [5.74, 6) is -1.58. The lowest BCUT2D eigenvalue weighted by Crippen LogP contribution is -2.43. The Morgan fingerprint density at radius 2 is 1.62 bits per heavy atom. The maximum absolute atomic E-state index is 12.7. The molecule has 0 aliphatic carbocycles. The second kappa shape index (κ2) is 11.4. The molecule has 5 amide bonds. The van der Waals surface area contributed by atoms with Gasteiger partial charge in [-0.2, -0.15) is 0 Å². The Morgan fingerprint density at radius 3 is 2.24 bits per heavy atom. The molecule has 0 radical (unpaired) electrons. The number of benzene rings is 1. The predicted octanol–water partition coefficient (Wildman–Crippen LogP) is 1.56. The number of rotatable bonds is 7. The molecule has 0 aromatic heterocycles. The fourth-order valence-corrected chi connectivity index (χ4v) is 4.13. The van der Waals surface area contributed by atoms with Crippen molar-refractivity contribution >= 4 is 35.4 Å². The van der Waals surface area contributed by atoms with Gasteiger partial charge in [-0.3, -0.25) is 34.2 Å². The molecule has 1 fully saturated rings. The lowest BCUT2D eigenvalue weighted by atomic mass is 10.1. The van der Waals surface area contributed by atoms with Gasteiger partial charge in [-0.25, -0.2) is 4.79 Å². The number of amides is 5. The van der Waals surface area contributed by atoms with Gasteiger partial charge in [-0.15, -0.1) is 0 Å². The van der Waals surface area contributed by atoms with Crippen molar-refractivity contribution in [3.63, 3.8) is 0 Å². The number of carbonyl (C=O) groups excluding carboxylic acids is 5. The first-order chi connectivity index (χ1) is 17.4. The number of nitrogens with one attached hydrogen (secondary N) is 1. The van der Waals surface area contributed by atoms with E-state index in [1.807, 2.05) is 0 Å². The molecule has 0 bridgehead atoms. The van der Waals surface area contributed by atoms with Crippen molar-refractivity contribution in [3.8, 4) is 0 Å². The number of non-ortho nitro benzene ring substituents is 1. The van der Waals surface area contributed by atoms with E-state index >= 15 is 0 Å². The van der Waals surface area contributed by atoms with E-state index in [4.69, 9.17) is 4.74 Å². The average Bonchev–Trinajstić information content (AvgIpc) is 2.99. The fourth-order valence-electron chi connectivity index (χ4n) is 4.13. The highest BCUT2D eigenvalue weighted by molar-refractivity contribution is 6.21. The van der Waals surface area contributed by atoms with Crippen LogP contribution < -0.4 is 5.32 Å². The van der Waals surface area contributed by atoms with E-state index in [1.165, 1.54) is 12.1 Å². The van der Waals surface area contributed by atoms with E-state index in [0.29, 0.717) is 32.6 Å². The molecular weight excluding hydrogens is 486 g/mol. The van der Waals surface area contributed by atoms with Crippen LogP contribution in [0, 0.1) is 10.1 Å². The number of carbonyl (C=O) groups is 5. The van der Waals surface area contributed by atoms with Gasteiger partial charge in [0.25, 0.3) is 17.5 Å². The van der Waals surface area contributed by atoms with Crippen LogP contribution in [-0.4, -0.2) is 94.2 Å². The lowest BCUT2D eigenvalue weighted by Gasteiger charge is -2.23. The zero-order chi connectivity index (χ0) is 27.3. The molecule has 13 heteroatoms. The van der Waals surface area contributed by atoms with Crippen molar-refractivity contribution in [2.45, 2.75) is 45.6 Å². The van der Waals surface area contributed by atoms with E-state index in [0.717, 1.165) is 11.0 Å². The van der Waals surface area contributed by atoms with Crippen LogP contribution in [0.1, 0.15) is 60.7 Å². The van der Waals surface area contributed by atoms with Crippen molar-refractivity contribution in [3.05, 3.63) is 39.4 Å². The van der Waals surface area contributed by atoms with Crippen LogP contribution in [0.2, 0.25) is 0 Å². The third-order valence-electron chi connectivity index (χ3n) is 5.92. The van der Waals surface area contributed by atoms with Crippen molar-refractivity contribution < 1.29 is 33.6 Å². The number of hydrogen-bond acceptors (Lipinski definition) is 8. The quantitative estimate of drug-likeness (QED) is 0.324. The highest BCUT2D eigenvalue weighted by Gasteiger charge is 2.36. The molecule has 13 nitrogen and oxygen atoms in total. The molecule has 0 saturated carbocycles. The fraction of sp³-hybridized carbons (Fsp3) is 0.542. The van der Waals surface area contributed by atoms with Gasteiger partial charge in [0.15, 0.2) is 0 Å². The van der Waals surface area contributed by atoms with Gasteiger partial charge >= 0.3 is 6.09 Å². The second-order valence-corrected chi connectivity index (χ2v) is 9.82. The summed E-state index contributed by atoms with van der Waals surface area (Å²) in [7, 11) is 0. The van der Waals surface area contributed by atoms with Crippen LogP contribution >= 0.6 is 0 Å². The Kier molecular flexibility index (Phi) is 8.46. The Morgan fingerprint density at radius 1 is 1.00 bits per heavy atom. The van der Waals surface area contributed by atoms with Gasteiger partial charge in [-0.05, 0) is 39.7 Å². The van der Waals surface area contributed by atoms with Crippen LogP contribution in [0.15, 0.2) is 18.2 Å². The standard InChI is InChI=1S/C24H31N5O8/c1-24(2,3)37-23(34)25-15-20(31)27-10-5-9-26(12-13-27)19(30)6-4-11-28-21(32)17-8-7-16(29(35)36)14-18(17)22(28)33/h7-8,14H,4-6,9-13,15H2,1-3H3,(H,25,34). The molecular formula is C24H31N5O8. The zero-order valence-electron chi connectivity index (χ0n) is 21.2. The number of alkyl carbamates (subject to hydrolysis) is 1. The van der Waals surface area contributed by atoms with E-state index in [9.17, 15) is 34.1 Å². The summed E-state index contributed by atoms with van der Waals surface area (Å²) < 4.78 is 5.12. The first-order valence-electron chi connectivity index (χ1n) is 12.0. The molecule has 0 unspecified atom stereocenters. The molecule has 2 heterocycles. The van der Waals surface area contributed by atoms with Gasteiger partial charge in [0.2, 0.25) is 11.8 Å². The Hall–Kier alpha value is -4.03. The van der Waals surface area contributed by atoms with Gasteiger partial charge < -0.3 is 19.9 Å². The number of nitrogens with zero attached hydrogens (tertiary/aromatic N) is 4. The normalized spacial score (nSPS) is 15.8. The highest BCUT2D eigenvalue weighted by Crippen LogP contribution is 2.27. The molecule has 200 valence electrons. The average molecular weight is 518 g/mol. The highest BCUT2D eigenvalue weighted by atomic mass is 16.6. The van der Waals surface area contributed by atoms with Gasteiger partial charge in [0.05, 0.1) is 16.1 Å². The summed E-state index contributed by atoms with van der Waals surface area (Å²) >= 11 is 0. The first kappa shape index (κ1) is 27.6. The number of ether oxygens (including phenoxy) is 1. The predicted molar refractivity (Wildman–Crippen MR) is 130 cm³/mol. The molecule has 1 saturated heterocycles. The van der Waals surface area contributed by atoms with Gasteiger partial charge in [0, 0.05) is 51.3 Å². The Labute approximate surface area is 213 Å². The van der Waals surface area contributed by atoms with E-state index in [2.05, 4.69) is 5.32 Å². The van der Waals surface area contributed by atoms with Gasteiger partial charge in [0.1, 0.15) is 12.1 Å². The first-order valence-corrected chi connectivity index (χ1v) is 12.0. The maximum atomic E-state index is 12.7. The molecule has 2 aliphatic rings. The molecule has 37 heavy (non-hydrogen) atoms. The van der Waals surface area contributed by atoms with Crippen LogP contribution in [0.4, 0.5) is 10.5 Å². The van der Waals surface area contributed by atoms with Crippen molar-refractivity contribution in [2.24, 2.45) is 0 Å². The van der Waals surface area contributed by atoms with Crippen LogP contribution in [0.3, 0.4) is 0 Å². The summed E-state index contributed by atoms with van der Waals surface area (Å²) in [6.07, 6.45) is 0.234. The smallest absolute Gasteiger partial charge is 0.408 e. The molecule has 0 atom stereocenters.